The van der Waals surface area contributed by atoms with E-state index in [0.717, 1.165) is 37.7 Å². The van der Waals surface area contributed by atoms with Crippen LogP contribution < -0.4 is 4.90 Å². The molecule has 1 aliphatic rings. The zero-order chi connectivity index (χ0) is 16.4. The molecule has 0 N–H and O–H groups in total. The highest BCUT2D eigenvalue weighted by molar-refractivity contribution is 7.11. The molecule has 1 saturated heterocycles. The van der Waals surface area contributed by atoms with Crippen molar-refractivity contribution >= 4 is 34.3 Å². The second kappa shape index (κ2) is 6.82. The molecule has 0 radical (unpaired) electrons. The summed E-state index contributed by atoms with van der Waals surface area (Å²) in [6.07, 6.45) is 1.93. The van der Waals surface area contributed by atoms with Gasteiger partial charge in [-0.15, -0.1) is 11.3 Å². The van der Waals surface area contributed by atoms with Crippen molar-refractivity contribution in [2.75, 3.05) is 31.1 Å². The molecule has 0 amide bonds. The van der Waals surface area contributed by atoms with E-state index in [1.54, 1.807) is 23.5 Å². The van der Waals surface area contributed by atoms with Crippen molar-refractivity contribution < 1.29 is 4.92 Å². The Morgan fingerprint density at radius 3 is 2.70 bits per heavy atom. The van der Waals surface area contributed by atoms with Crippen LogP contribution in [0.3, 0.4) is 0 Å². The topological polar surface area (TPSA) is 62.5 Å². The van der Waals surface area contributed by atoms with Gasteiger partial charge in [0.2, 0.25) is 0 Å². The Kier molecular flexibility index (Phi) is 4.79. The number of piperazine rings is 1. The van der Waals surface area contributed by atoms with Crippen LogP contribution in [0, 0.1) is 17.0 Å². The van der Waals surface area contributed by atoms with Gasteiger partial charge in [-0.1, -0.05) is 11.6 Å². The summed E-state index contributed by atoms with van der Waals surface area (Å²) in [6.45, 7) is 6.17. The molecule has 2 aromatic rings. The molecule has 0 aliphatic carbocycles. The zero-order valence-electron chi connectivity index (χ0n) is 12.7. The van der Waals surface area contributed by atoms with E-state index in [0.29, 0.717) is 10.7 Å². The molecule has 0 unspecified atom stereocenters. The first kappa shape index (κ1) is 16.2. The Hall–Kier alpha value is -1.70. The van der Waals surface area contributed by atoms with Crippen molar-refractivity contribution in [3.63, 3.8) is 0 Å². The summed E-state index contributed by atoms with van der Waals surface area (Å²) in [5, 5.41) is 12.7. The monoisotopic (exact) mass is 352 g/mol. The van der Waals surface area contributed by atoms with Gasteiger partial charge in [-0.05, 0) is 19.1 Å². The second-order valence-corrected chi connectivity index (χ2v) is 7.25. The molecule has 1 aromatic carbocycles. The van der Waals surface area contributed by atoms with Crippen LogP contribution in [0.5, 0.6) is 0 Å². The van der Waals surface area contributed by atoms with E-state index >= 15 is 0 Å². The van der Waals surface area contributed by atoms with Gasteiger partial charge in [-0.2, -0.15) is 0 Å². The number of nitrogens with zero attached hydrogens (tertiary/aromatic N) is 4. The number of nitro groups is 1. The molecule has 2 heterocycles. The van der Waals surface area contributed by atoms with Gasteiger partial charge >= 0.3 is 0 Å². The largest absolute Gasteiger partial charge is 0.363 e. The fraction of sp³-hybridized carbons (Fsp3) is 0.400. The van der Waals surface area contributed by atoms with E-state index in [2.05, 4.69) is 14.8 Å². The van der Waals surface area contributed by atoms with Crippen LogP contribution in [0.15, 0.2) is 24.4 Å². The highest BCUT2D eigenvalue weighted by Gasteiger charge is 2.24. The van der Waals surface area contributed by atoms with Crippen LogP contribution in [-0.4, -0.2) is 41.0 Å². The molecule has 0 spiro atoms. The molecule has 8 heteroatoms. The van der Waals surface area contributed by atoms with Crippen LogP contribution in [0.1, 0.15) is 9.88 Å². The average Bonchev–Trinajstić information content (AvgIpc) is 2.93. The van der Waals surface area contributed by atoms with Crippen molar-refractivity contribution in [3.05, 3.63) is 49.4 Å². The number of nitro benzene ring substituents is 1. The van der Waals surface area contributed by atoms with E-state index in [9.17, 15) is 10.1 Å². The van der Waals surface area contributed by atoms with Gasteiger partial charge in [0.1, 0.15) is 5.69 Å². The third-order valence-corrected chi connectivity index (χ3v) is 5.03. The number of thiazole rings is 1. The number of benzene rings is 1. The quantitative estimate of drug-likeness (QED) is 0.623. The second-order valence-electron chi connectivity index (χ2n) is 5.50. The average molecular weight is 353 g/mol. The summed E-state index contributed by atoms with van der Waals surface area (Å²) >= 11 is 7.60. The minimum Gasteiger partial charge on any atom is -0.363 e. The maximum absolute atomic E-state index is 11.2. The first-order chi connectivity index (χ1) is 11.0. The zero-order valence-corrected chi connectivity index (χ0v) is 14.3. The van der Waals surface area contributed by atoms with Gasteiger partial charge in [0.05, 0.1) is 9.93 Å². The van der Waals surface area contributed by atoms with Crippen molar-refractivity contribution in [2.45, 2.75) is 13.5 Å². The molecule has 1 fully saturated rings. The summed E-state index contributed by atoms with van der Waals surface area (Å²) in [5.74, 6) is 0. The summed E-state index contributed by atoms with van der Waals surface area (Å²) in [4.78, 5) is 20.8. The molecule has 0 bridgehead atoms. The van der Waals surface area contributed by atoms with E-state index in [1.807, 2.05) is 13.1 Å². The maximum atomic E-state index is 11.2. The van der Waals surface area contributed by atoms with E-state index < -0.39 is 0 Å². The Bertz CT molecular complexity index is 713. The standard InChI is InChI=1S/C15H17ClN4O2S/c1-11-17-9-13(23-11)10-18-4-6-19(7-5-18)14-3-2-12(16)8-15(14)20(21)22/h2-3,8-9H,4-7,10H2,1H3. The highest BCUT2D eigenvalue weighted by Crippen LogP contribution is 2.31. The summed E-state index contributed by atoms with van der Waals surface area (Å²) in [5.41, 5.74) is 0.719. The Morgan fingerprint density at radius 1 is 1.35 bits per heavy atom. The van der Waals surface area contributed by atoms with Crippen molar-refractivity contribution in [1.29, 1.82) is 0 Å². The molecule has 0 atom stereocenters. The SMILES string of the molecule is Cc1ncc(CN2CCN(c3ccc(Cl)cc3[N+](=O)[O-])CC2)s1. The van der Waals surface area contributed by atoms with Gasteiger partial charge in [-0.25, -0.2) is 4.98 Å². The minimum atomic E-state index is -0.367. The lowest BCUT2D eigenvalue weighted by molar-refractivity contribution is -0.384. The maximum Gasteiger partial charge on any atom is 0.294 e. The predicted molar refractivity (Wildman–Crippen MR) is 92.4 cm³/mol. The lowest BCUT2D eigenvalue weighted by Crippen LogP contribution is -2.46. The molecule has 23 heavy (non-hydrogen) atoms. The minimum absolute atomic E-state index is 0.0732. The molecule has 1 aliphatic heterocycles. The fourth-order valence-corrected chi connectivity index (χ4v) is 3.76. The molecule has 6 nitrogen and oxygen atoms in total. The number of aryl methyl sites for hydroxylation is 1. The van der Waals surface area contributed by atoms with E-state index in [-0.39, 0.29) is 10.6 Å². The number of anilines is 1. The van der Waals surface area contributed by atoms with Crippen molar-refractivity contribution in [2.24, 2.45) is 0 Å². The van der Waals surface area contributed by atoms with E-state index in [1.165, 1.54) is 10.9 Å². The number of aromatic nitrogens is 1. The molecule has 3 rings (SSSR count). The van der Waals surface area contributed by atoms with Gasteiger partial charge in [0, 0.05) is 54.9 Å². The van der Waals surface area contributed by atoms with Gasteiger partial charge in [0.15, 0.2) is 0 Å². The molecular formula is C15H17ClN4O2S. The molecule has 1 aromatic heterocycles. The van der Waals surface area contributed by atoms with Gasteiger partial charge in [-0.3, -0.25) is 15.0 Å². The molecule has 0 saturated carbocycles. The smallest absolute Gasteiger partial charge is 0.294 e. The van der Waals surface area contributed by atoms with Crippen molar-refractivity contribution in [1.82, 2.24) is 9.88 Å². The Morgan fingerprint density at radius 2 is 2.09 bits per heavy atom. The Labute approximate surface area is 143 Å². The first-order valence-electron chi connectivity index (χ1n) is 7.35. The first-order valence-corrected chi connectivity index (χ1v) is 8.55. The molecular weight excluding hydrogens is 336 g/mol. The predicted octanol–water partition coefficient (Wildman–Crippen LogP) is 3.34. The normalized spacial score (nSPS) is 15.8. The summed E-state index contributed by atoms with van der Waals surface area (Å²) < 4.78 is 0. The lowest BCUT2D eigenvalue weighted by atomic mass is 10.2. The van der Waals surface area contributed by atoms with Crippen LogP contribution in [0.25, 0.3) is 0 Å². The highest BCUT2D eigenvalue weighted by atomic mass is 35.5. The third-order valence-electron chi connectivity index (χ3n) is 3.90. The van der Waals surface area contributed by atoms with Crippen molar-refractivity contribution in [3.8, 4) is 0 Å². The van der Waals surface area contributed by atoms with Gasteiger partial charge in [0.25, 0.3) is 5.69 Å². The Balaban J connectivity index is 1.66. The lowest BCUT2D eigenvalue weighted by Gasteiger charge is -2.35. The van der Waals surface area contributed by atoms with Gasteiger partial charge < -0.3 is 4.90 Å². The third kappa shape index (κ3) is 3.80. The fourth-order valence-electron chi connectivity index (χ4n) is 2.76. The van der Waals surface area contributed by atoms with Crippen LogP contribution in [0.4, 0.5) is 11.4 Å². The number of halogens is 1. The van der Waals surface area contributed by atoms with Crippen LogP contribution in [0.2, 0.25) is 5.02 Å². The summed E-state index contributed by atoms with van der Waals surface area (Å²) in [7, 11) is 0. The number of hydrogen-bond donors (Lipinski definition) is 0. The summed E-state index contributed by atoms with van der Waals surface area (Å²) in [6, 6.07) is 4.86. The number of rotatable bonds is 4. The van der Waals surface area contributed by atoms with E-state index in [4.69, 9.17) is 11.6 Å². The van der Waals surface area contributed by atoms with Crippen LogP contribution >= 0.6 is 22.9 Å². The number of hydrogen-bond acceptors (Lipinski definition) is 6. The molecule has 122 valence electrons. The van der Waals surface area contributed by atoms with Crippen LogP contribution in [-0.2, 0) is 6.54 Å².